The first-order chi connectivity index (χ1) is 12.7. The predicted molar refractivity (Wildman–Crippen MR) is 102 cm³/mol. The molecule has 0 spiro atoms. The number of amides is 1. The van der Waals surface area contributed by atoms with Crippen molar-refractivity contribution in [2.24, 2.45) is 11.3 Å². The van der Waals surface area contributed by atoms with Crippen LogP contribution in [-0.4, -0.2) is 31.9 Å². The van der Waals surface area contributed by atoms with Gasteiger partial charge in [-0.2, -0.15) is 0 Å². The second-order valence-electron chi connectivity index (χ2n) is 7.37. The molecule has 1 atom stereocenters. The van der Waals surface area contributed by atoms with Crippen LogP contribution in [0.2, 0.25) is 0 Å². The largest absolute Gasteiger partial charge is 0.497 e. The summed E-state index contributed by atoms with van der Waals surface area (Å²) in [5.74, 6) is -1.31. The fourth-order valence-electron chi connectivity index (χ4n) is 3.48. The van der Waals surface area contributed by atoms with Crippen LogP contribution in [0, 0.1) is 11.3 Å². The molecule has 6 nitrogen and oxygen atoms in total. The molecule has 1 aromatic carbocycles. The summed E-state index contributed by atoms with van der Waals surface area (Å²) in [6.45, 7) is 5.59. The lowest BCUT2D eigenvalue weighted by molar-refractivity contribution is -0.153. The maximum atomic E-state index is 13.3. The molecule has 0 radical (unpaired) electrons. The Morgan fingerprint density at radius 3 is 2.33 bits per heavy atom. The van der Waals surface area contributed by atoms with Crippen molar-refractivity contribution < 1.29 is 23.9 Å². The summed E-state index contributed by atoms with van der Waals surface area (Å²) in [6.07, 6.45) is 1.46. The third-order valence-corrected chi connectivity index (χ3v) is 4.81. The molecular weight excluding hydrogens is 346 g/mol. The van der Waals surface area contributed by atoms with Crippen molar-refractivity contribution in [3.8, 4) is 5.75 Å². The van der Waals surface area contributed by atoms with Crippen LogP contribution in [0.15, 0.2) is 30.0 Å². The molecule has 0 bridgehead atoms. The topological polar surface area (TPSA) is 81.7 Å². The van der Waals surface area contributed by atoms with E-state index in [0.717, 1.165) is 0 Å². The van der Waals surface area contributed by atoms with Crippen molar-refractivity contribution >= 4 is 23.2 Å². The monoisotopic (exact) mass is 373 g/mol. The molecule has 1 aliphatic carbocycles. The number of benzene rings is 1. The van der Waals surface area contributed by atoms with Crippen molar-refractivity contribution in [2.75, 3.05) is 14.2 Å². The van der Waals surface area contributed by atoms with Gasteiger partial charge in [-0.05, 0) is 36.0 Å². The highest BCUT2D eigenvalue weighted by atomic mass is 16.5. The van der Waals surface area contributed by atoms with Crippen LogP contribution in [0.5, 0.6) is 5.75 Å². The van der Waals surface area contributed by atoms with Crippen molar-refractivity contribution in [2.45, 2.75) is 40.0 Å². The minimum atomic E-state index is -0.925. The fraction of sp³-hybridized carbons (Fsp3) is 0.476. The van der Waals surface area contributed by atoms with Gasteiger partial charge in [0.1, 0.15) is 11.7 Å². The molecule has 1 aromatic rings. The lowest BCUT2D eigenvalue weighted by Gasteiger charge is -2.38. The number of ketones is 1. The van der Waals surface area contributed by atoms with Gasteiger partial charge in [0.05, 0.1) is 14.2 Å². The Balaban J connectivity index is 2.58. The Hall–Kier alpha value is -2.63. The first-order valence-corrected chi connectivity index (χ1v) is 9.04. The molecule has 0 aliphatic heterocycles. The SMILES string of the molecule is CCCC(=O)NC1=C(c2ccc(OC)cc2)C(=O)C(C(=O)OC)C(C)(C)C1. The zero-order valence-corrected chi connectivity index (χ0v) is 16.5. The lowest BCUT2D eigenvalue weighted by Crippen LogP contribution is -2.44. The van der Waals surface area contributed by atoms with E-state index in [1.165, 1.54) is 7.11 Å². The summed E-state index contributed by atoms with van der Waals surface area (Å²) < 4.78 is 10.1. The molecule has 0 saturated heterocycles. The number of Topliss-reactive ketones (excluding diaryl/α,β-unsaturated/α-hetero) is 1. The van der Waals surface area contributed by atoms with E-state index in [0.29, 0.717) is 41.8 Å². The Morgan fingerprint density at radius 2 is 1.81 bits per heavy atom. The summed E-state index contributed by atoms with van der Waals surface area (Å²) in [7, 11) is 2.84. The van der Waals surface area contributed by atoms with Gasteiger partial charge in [0.25, 0.3) is 0 Å². The second kappa shape index (κ2) is 8.37. The van der Waals surface area contributed by atoms with Crippen LogP contribution in [0.25, 0.3) is 5.57 Å². The molecule has 0 heterocycles. The summed E-state index contributed by atoms with van der Waals surface area (Å²) in [6, 6.07) is 7.00. The molecule has 1 N–H and O–H groups in total. The van der Waals surface area contributed by atoms with Crippen LogP contribution in [0.4, 0.5) is 0 Å². The molecule has 0 saturated carbocycles. The molecule has 0 fully saturated rings. The highest BCUT2D eigenvalue weighted by molar-refractivity contribution is 6.28. The number of ether oxygens (including phenoxy) is 2. The van der Waals surface area contributed by atoms with Crippen molar-refractivity contribution in [1.29, 1.82) is 0 Å². The zero-order chi connectivity index (χ0) is 20.2. The van der Waals surface area contributed by atoms with Crippen LogP contribution in [-0.2, 0) is 19.1 Å². The number of allylic oxidation sites excluding steroid dienone is 2. The number of rotatable bonds is 6. The van der Waals surface area contributed by atoms with Gasteiger partial charge in [-0.25, -0.2) is 0 Å². The Morgan fingerprint density at radius 1 is 1.19 bits per heavy atom. The van der Waals surface area contributed by atoms with Crippen molar-refractivity contribution in [3.63, 3.8) is 0 Å². The lowest BCUT2D eigenvalue weighted by atomic mass is 9.66. The van der Waals surface area contributed by atoms with E-state index >= 15 is 0 Å². The minimum absolute atomic E-state index is 0.140. The fourth-order valence-corrected chi connectivity index (χ4v) is 3.48. The van der Waals surface area contributed by atoms with Crippen molar-refractivity contribution in [1.82, 2.24) is 5.32 Å². The zero-order valence-electron chi connectivity index (χ0n) is 16.5. The van der Waals surface area contributed by atoms with Crippen LogP contribution in [0.1, 0.15) is 45.6 Å². The van der Waals surface area contributed by atoms with Gasteiger partial charge >= 0.3 is 5.97 Å². The standard InChI is InChI=1S/C21H27NO5/c1-6-7-16(23)22-15-12-21(2,3)18(20(25)27-5)19(24)17(15)13-8-10-14(26-4)11-9-13/h8-11,18H,6-7,12H2,1-5H3,(H,22,23). The number of hydrogen-bond donors (Lipinski definition) is 1. The normalized spacial score (nSPS) is 18.9. The number of esters is 1. The highest BCUT2D eigenvalue weighted by Crippen LogP contribution is 2.44. The van der Waals surface area contributed by atoms with E-state index in [9.17, 15) is 14.4 Å². The first kappa shape index (κ1) is 20.7. The molecular formula is C21H27NO5. The van der Waals surface area contributed by atoms with Gasteiger partial charge in [0.2, 0.25) is 5.91 Å². The number of carbonyl (C=O) groups is 3. The van der Waals surface area contributed by atoms with Gasteiger partial charge in [0.15, 0.2) is 5.78 Å². The van der Waals surface area contributed by atoms with Crippen LogP contribution < -0.4 is 10.1 Å². The molecule has 1 amide bonds. The highest BCUT2D eigenvalue weighted by Gasteiger charge is 2.48. The van der Waals surface area contributed by atoms with Gasteiger partial charge in [-0.1, -0.05) is 32.9 Å². The van der Waals surface area contributed by atoms with E-state index in [2.05, 4.69) is 5.32 Å². The van der Waals surface area contributed by atoms with E-state index in [1.807, 2.05) is 20.8 Å². The minimum Gasteiger partial charge on any atom is -0.497 e. The van der Waals surface area contributed by atoms with E-state index < -0.39 is 17.3 Å². The quantitative estimate of drug-likeness (QED) is 0.612. The number of hydrogen-bond acceptors (Lipinski definition) is 5. The van der Waals surface area contributed by atoms with Gasteiger partial charge in [0, 0.05) is 17.7 Å². The van der Waals surface area contributed by atoms with Crippen LogP contribution >= 0.6 is 0 Å². The summed E-state index contributed by atoms with van der Waals surface area (Å²) in [5, 5.41) is 2.90. The van der Waals surface area contributed by atoms with Gasteiger partial charge in [-0.15, -0.1) is 0 Å². The Labute approximate surface area is 159 Å². The molecule has 6 heteroatoms. The Kier molecular flexibility index (Phi) is 6.41. The maximum Gasteiger partial charge on any atom is 0.317 e. The number of methoxy groups -OCH3 is 2. The summed E-state index contributed by atoms with van der Waals surface area (Å²) in [4.78, 5) is 37.8. The molecule has 0 aromatic heterocycles. The van der Waals surface area contributed by atoms with Crippen molar-refractivity contribution in [3.05, 3.63) is 35.5 Å². The van der Waals surface area contributed by atoms with Gasteiger partial charge in [-0.3, -0.25) is 14.4 Å². The summed E-state index contributed by atoms with van der Waals surface area (Å²) in [5.41, 5.74) is 0.872. The average molecular weight is 373 g/mol. The molecule has 2 rings (SSSR count). The number of carbonyl (C=O) groups excluding carboxylic acids is 3. The predicted octanol–water partition coefficient (Wildman–Crippen LogP) is 3.11. The summed E-state index contributed by atoms with van der Waals surface area (Å²) >= 11 is 0. The van der Waals surface area contributed by atoms with Crippen LogP contribution in [0.3, 0.4) is 0 Å². The smallest absolute Gasteiger partial charge is 0.317 e. The van der Waals surface area contributed by atoms with E-state index in [4.69, 9.17) is 9.47 Å². The number of nitrogens with one attached hydrogen (secondary N) is 1. The molecule has 1 aliphatic rings. The third kappa shape index (κ3) is 4.38. The molecule has 146 valence electrons. The van der Waals surface area contributed by atoms with Gasteiger partial charge < -0.3 is 14.8 Å². The van der Waals surface area contributed by atoms with E-state index in [1.54, 1.807) is 31.4 Å². The maximum absolute atomic E-state index is 13.3. The second-order valence-corrected chi connectivity index (χ2v) is 7.37. The first-order valence-electron chi connectivity index (χ1n) is 9.04. The molecule has 27 heavy (non-hydrogen) atoms. The molecule has 1 unspecified atom stereocenters. The Bertz CT molecular complexity index is 761. The third-order valence-electron chi connectivity index (χ3n) is 4.81. The average Bonchev–Trinajstić information content (AvgIpc) is 2.61. The van der Waals surface area contributed by atoms with E-state index in [-0.39, 0.29) is 11.7 Å².